The maximum absolute atomic E-state index is 11.7. The van der Waals surface area contributed by atoms with Crippen molar-refractivity contribution in [1.82, 2.24) is 0 Å². The molecule has 0 heterocycles. The van der Waals surface area contributed by atoms with E-state index in [0.717, 1.165) is 12.8 Å². The first-order valence-corrected chi connectivity index (χ1v) is 8.52. The normalized spacial score (nSPS) is 11.3. The number of ether oxygens (including phenoxy) is 1. The van der Waals surface area contributed by atoms with Crippen LogP contribution in [0, 0.1) is 0 Å². The van der Waals surface area contributed by atoms with E-state index in [1.54, 1.807) is 31.4 Å². The lowest BCUT2D eigenvalue weighted by atomic mass is 10.2. The largest absolute Gasteiger partial charge is 0.385 e. The van der Waals surface area contributed by atoms with Crippen molar-refractivity contribution in [1.29, 1.82) is 0 Å². The van der Waals surface area contributed by atoms with E-state index >= 15 is 0 Å². The summed E-state index contributed by atoms with van der Waals surface area (Å²) in [4.78, 5) is 11.7. The van der Waals surface area contributed by atoms with Gasteiger partial charge in [-0.1, -0.05) is 12.1 Å². The molecule has 1 N–H and O–H groups in total. The number of rotatable bonds is 8. The van der Waals surface area contributed by atoms with Gasteiger partial charge in [0.15, 0.2) is 9.84 Å². The molecule has 1 aromatic rings. The van der Waals surface area contributed by atoms with E-state index in [0.29, 0.717) is 24.3 Å². The molecule has 1 amide bonds. The molecule has 6 heteroatoms. The van der Waals surface area contributed by atoms with Gasteiger partial charge in [-0.25, -0.2) is 8.42 Å². The predicted octanol–water partition coefficient (Wildman–Crippen LogP) is 1.99. The molecule has 0 aliphatic carbocycles. The Bertz CT molecular complexity index is 540. The van der Waals surface area contributed by atoms with Crippen LogP contribution in [0.15, 0.2) is 24.3 Å². The summed E-state index contributed by atoms with van der Waals surface area (Å²) in [5, 5.41) is 2.77. The second-order valence-corrected chi connectivity index (χ2v) is 6.91. The third kappa shape index (κ3) is 7.25. The Labute approximate surface area is 120 Å². The van der Waals surface area contributed by atoms with Gasteiger partial charge in [-0.3, -0.25) is 4.79 Å². The molecule has 112 valence electrons. The van der Waals surface area contributed by atoms with Gasteiger partial charge in [0, 0.05) is 32.1 Å². The van der Waals surface area contributed by atoms with E-state index in [-0.39, 0.29) is 11.7 Å². The number of methoxy groups -OCH3 is 1. The molecule has 0 saturated carbocycles. The molecule has 0 fully saturated rings. The molecule has 0 saturated heterocycles. The zero-order valence-corrected chi connectivity index (χ0v) is 12.7. The quantitative estimate of drug-likeness (QED) is 0.745. The number of hydrogen-bond donors (Lipinski definition) is 1. The van der Waals surface area contributed by atoms with Gasteiger partial charge in [-0.05, 0) is 30.5 Å². The third-order valence-corrected chi connectivity index (χ3v) is 3.50. The minimum absolute atomic E-state index is 0.0233. The lowest BCUT2D eigenvalue weighted by Gasteiger charge is -2.07. The zero-order chi connectivity index (χ0) is 15.0. The summed E-state index contributed by atoms with van der Waals surface area (Å²) in [5.41, 5.74) is 1.30. The lowest BCUT2D eigenvalue weighted by Crippen LogP contribution is -2.11. The molecule has 0 radical (unpaired) electrons. The SMILES string of the molecule is COCCCCC(=O)Nc1cccc(CS(C)(=O)=O)c1. The molecule has 5 nitrogen and oxygen atoms in total. The predicted molar refractivity (Wildman–Crippen MR) is 79.3 cm³/mol. The van der Waals surface area contributed by atoms with Crippen molar-refractivity contribution >= 4 is 21.4 Å². The Morgan fingerprint density at radius 1 is 1.30 bits per heavy atom. The van der Waals surface area contributed by atoms with E-state index in [2.05, 4.69) is 5.32 Å². The summed E-state index contributed by atoms with van der Waals surface area (Å²) in [6.45, 7) is 0.650. The van der Waals surface area contributed by atoms with Gasteiger partial charge in [0.1, 0.15) is 0 Å². The fourth-order valence-electron chi connectivity index (χ4n) is 1.80. The van der Waals surface area contributed by atoms with Gasteiger partial charge >= 0.3 is 0 Å². The van der Waals surface area contributed by atoms with Crippen LogP contribution in [0.5, 0.6) is 0 Å². The number of amides is 1. The van der Waals surface area contributed by atoms with E-state index in [9.17, 15) is 13.2 Å². The van der Waals surface area contributed by atoms with Crippen LogP contribution in [-0.2, 0) is 25.1 Å². The number of hydrogen-bond acceptors (Lipinski definition) is 4. The molecule has 0 atom stereocenters. The molecular weight excluding hydrogens is 278 g/mol. The Kier molecular flexibility index (Phi) is 6.67. The van der Waals surface area contributed by atoms with Crippen molar-refractivity contribution in [2.45, 2.75) is 25.0 Å². The smallest absolute Gasteiger partial charge is 0.224 e. The van der Waals surface area contributed by atoms with Crippen molar-refractivity contribution in [2.75, 3.05) is 25.3 Å². The number of anilines is 1. The number of carbonyl (C=O) groups is 1. The highest BCUT2D eigenvalue weighted by Gasteiger charge is 2.06. The third-order valence-electron chi connectivity index (χ3n) is 2.64. The van der Waals surface area contributed by atoms with Crippen LogP contribution in [0.1, 0.15) is 24.8 Å². The first-order valence-electron chi connectivity index (χ1n) is 6.46. The molecule has 0 spiro atoms. The average Bonchev–Trinajstić information content (AvgIpc) is 2.33. The fraction of sp³-hybridized carbons (Fsp3) is 0.500. The Hall–Kier alpha value is -1.40. The highest BCUT2D eigenvalue weighted by molar-refractivity contribution is 7.89. The number of nitrogens with one attached hydrogen (secondary N) is 1. The highest BCUT2D eigenvalue weighted by Crippen LogP contribution is 2.13. The van der Waals surface area contributed by atoms with E-state index in [1.165, 1.54) is 6.26 Å². The van der Waals surface area contributed by atoms with Crippen LogP contribution < -0.4 is 5.32 Å². The van der Waals surface area contributed by atoms with Crippen molar-refractivity contribution in [3.05, 3.63) is 29.8 Å². The monoisotopic (exact) mass is 299 g/mol. The van der Waals surface area contributed by atoms with Gasteiger partial charge in [0.05, 0.1) is 5.75 Å². The molecule has 0 unspecified atom stereocenters. The van der Waals surface area contributed by atoms with Crippen LogP contribution in [0.3, 0.4) is 0 Å². The Morgan fingerprint density at radius 3 is 2.70 bits per heavy atom. The second kappa shape index (κ2) is 8.01. The topological polar surface area (TPSA) is 72.5 Å². The zero-order valence-electron chi connectivity index (χ0n) is 11.9. The number of benzene rings is 1. The van der Waals surface area contributed by atoms with E-state index < -0.39 is 9.84 Å². The van der Waals surface area contributed by atoms with Crippen molar-refractivity contribution in [2.24, 2.45) is 0 Å². The summed E-state index contributed by atoms with van der Waals surface area (Å²) >= 11 is 0. The molecular formula is C14H21NO4S. The van der Waals surface area contributed by atoms with E-state index in [4.69, 9.17) is 4.74 Å². The van der Waals surface area contributed by atoms with Gasteiger partial charge in [0.25, 0.3) is 0 Å². The summed E-state index contributed by atoms with van der Waals surface area (Å²) < 4.78 is 27.4. The highest BCUT2D eigenvalue weighted by atomic mass is 32.2. The maximum atomic E-state index is 11.7. The van der Waals surface area contributed by atoms with Crippen LogP contribution in [0.4, 0.5) is 5.69 Å². The van der Waals surface area contributed by atoms with Crippen LogP contribution in [0.25, 0.3) is 0 Å². The first kappa shape index (κ1) is 16.7. The van der Waals surface area contributed by atoms with Crippen LogP contribution >= 0.6 is 0 Å². The van der Waals surface area contributed by atoms with Gasteiger partial charge in [0.2, 0.25) is 5.91 Å². The number of sulfone groups is 1. The Morgan fingerprint density at radius 2 is 2.05 bits per heavy atom. The second-order valence-electron chi connectivity index (χ2n) is 4.77. The maximum Gasteiger partial charge on any atom is 0.224 e. The molecule has 1 rings (SSSR count). The molecule has 0 bridgehead atoms. The molecule has 1 aromatic carbocycles. The molecule has 0 aliphatic heterocycles. The van der Waals surface area contributed by atoms with E-state index in [1.807, 2.05) is 0 Å². The fourth-order valence-corrected chi connectivity index (χ4v) is 2.58. The number of unbranched alkanes of at least 4 members (excludes halogenated alkanes) is 1. The molecule has 0 aliphatic rings. The molecule has 20 heavy (non-hydrogen) atoms. The molecule has 0 aromatic heterocycles. The van der Waals surface area contributed by atoms with Crippen molar-refractivity contribution < 1.29 is 17.9 Å². The van der Waals surface area contributed by atoms with Crippen LogP contribution in [-0.4, -0.2) is 34.3 Å². The standard InChI is InChI=1S/C14H21NO4S/c1-19-9-4-3-8-14(16)15-13-7-5-6-12(10-13)11-20(2,17)18/h5-7,10H,3-4,8-9,11H2,1-2H3,(H,15,16). The van der Waals surface area contributed by atoms with Crippen LogP contribution in [0.2, 0.25) is 0 Å². The lowest BCUT2D eigenvalue weighted by molar-refractivity contribution is -0.116. The summed E-state index contributed by atoms with van der Waals surface area (Å²) in [6.07, 6.45) is 3.23. The minimum atomic E-state index is -3.07. The first-order chi connectivity index (χ1) is 9.40. The van der Waals surface area contributed by atoms with Gasteiger partial charge < -0.3 is 10.1 Å². The van der Waals surface area contributed by atoms with Gasteiger partial charge in [-0.15, -0.1) is 0 Å². The Balaban J connectivity index is 2.51. The summed E-state index contributed by atoms with van der Waals surface area (Å²) in [5.74, 6) is -0.0949. The summed E-state index contributed by atoms with van der Waals surface area (Å²) in [7, 11) is -1.44. The average molecular weight is 299 g/mol. The van der Waals surface area contributed by atoms with Crippen molar-refractivity contribution in [3.63, 3.8) is 0 Å². The number of carbonyl (C=O) groups excluding carboxylic acids is 1. The van der Waals surface area contributed by atoms with Gasteiger partial charge in [-0.2, -0.15) is 0 Å². The van der Waals surface area contributed by atoms with Crippen molar-refractivity contribution in [3.8, 4) is 0 Å². The summed E-state index contributed by atoms with van der Waals surface area (Å²) in [6, 6.07) is 6.91. The minimum Gasteiger partial charge on any atom is -0.385 e.